The van der Waals surface area contributed by atoms with Crippen molar-refractivity contribution in [2.45, 2.75) is 37.8 Å². The van der Waals surface area contributed by atoms with Gasteiger partial charge in [-0.15, -0.1) is 0 Å². The quantitative estimate of drug-likeness (QED) is 0.880. The van der Waals surface area contributed by atoms with Crippen LogP contribution in [0.1, 0.15) is 37.4 Å². The highest BCUT2D eigenvalue weighted by Crippen LogP contribution is 2.43. The molecule has 0 unspecified atom stereocenters. The molecule has 19 heavy (non-hydrogen) atoms. The lowest BCUT2D eigenvalue weighted by Gasteiger charge is -2.39. The van der Waals surface area contributed by atoms with E-state index in [0.29, 0.717) is 12.8 Å². The Bertz CT molecular complexity index is 521. The minimum Gasteiger partial charge on any atom is -0.481 e. The van der Waals surface area contributed by atoms with Gasteiger partial charge in [0.05, 0.1) is 17.7 Å². The number of aliphatic carboxylic acids is 1. The fraction of sp³-hybridized carbons (Fsp3) is 0.615. The van der Waals surface area contributed by atoms with Gasteiger partial charge in [-0.25, -0.2) is 0 Å². The molecule has 2 aliphatic rings. The second kappa shape index (κ2) is 4.36. The molecule has 2 atom stereocenters. The second-order valence-electron chi connectivity index (χ2n) is 5.34. The zero-order valence-electron chi connectivity index (χ0n) is 10.8. The molecule has 1 aromatic heterocycles. The number of carboxylic acid groups (broad SMARTS) is 1. The highest BCUT2D eigenvalue weighted by atomic mass is 16.4. The predicted octanol–water partition coefficient (Wildman–Crippen LogP) is 0.947. The minimum atomic E-state index is -0.829. The van der Waals surface area contributed by atoms with Crippen molar-refractivity contribution >= 4 is 11.9 Å². The molecule has 2 heterocycles. The summed E-state index contributed by atoms with van der Waals surface area (Å²) >= 11 is 0. The molecule has 102 valence electrons. The highest BCUT2D eigenvalue weighted by molar-refractivity contribution is 5.82. The molecule has 6 heteroatoms. The van der Waals surface area contributed by atoms with E-state index in [1.807, 2.05) is 6.07 Å². The Balaban J connectivity index is 2.02. The Hall–Kier alpha value is -1.85. The summed E-state index contributed by atoms with van der Waals surface area (Å²) in [5.41, 5.74) is 0.812. The number of likely N-dealkylation sites (tertiary alicyclic amines) is 1. The number of hydrogen-bond donors (Lipinski definition) is 1. The molecular formula is C13H17N3O3. The third-order valence-corrected chi connectivity index (χ3v) is 4.06. The molecule has 3 rings (SSSR count). The van der Waals surface area contributed by atoms with Crippen LogP contribution >= 0.6 is 0 Å². The van der Waals surface area contributed by atoms with Crippen molar-refractivity contribution in [1.82, 2.24) is 14.7 Å². The second-order valence-corrected chi connectivity index (χ2v) is 5.34. The van der Waals surface area contributed by atoms with Gasteiger partial charge in [0.25, 0.3) is 0 Å². The van der Waals surface area contributed by atoms with E-state index in [0.717, 1.165) is 18.5 Å². The summed E-state index contributed by atoms with van der Waals surface area (Å²) in [6.07, 6.45) is 4.35. The van der Waals surface area contributed by atoms with Gasteiger partial charge in [0.1, 0.15) is 0 Å². The first kappa shape index (κ1) is 12.2. The maximum absolute atomic E-state index is 12.2. The average Bonchev–Trinajstić information content (AvgIpc) is 3.10. The molecule has 1 aromatic rings. The van der Waals surface area contributed by atoms with Crippen LogP contribution in [0.15, 0.2) is 12.3 Å². The smallest absolute Gasteiger partial charge is 0.309 e. The summed E-state index contributed by atoms with van der Waals surface area (Å²) in [5.74, 6) is -1.29. The monoisotopic (exact) mass is 263 g/mol. The largest absolute Gasteiger partial charge is 0.481 e. The van der Waals surface area contributed by atoms with Crippen LogP contribution < -0.4 is 0 Å². The van der Waals surface area contributed by atoms with Crippen molar-refractivity contribution in [3.8, 4) is 0 Å². The number of aromatic nitrogens is 2. The lowest BCUT2D eigenvalue weighted by molar-refractivity contribution is -0.152. The highest BCUT2D eigenvalue weighted by Gasteiger charge is 2.47. The number of carboxylic acids is 1. The van der Waals surface area contributed by atoms with Gasteiger partial charge in [0.15, 0.2) is 0 Å². The van der Waals surface area contributed by atoms with Gasteiger partial charge in [0.2, 0.25) is 5.91 Å². The first-order chi connectivity index (χ1) is 9.09. The fourth-order valence-corrected chi connectivity index (χ4v) is 2.98. The molecule has 0 aromatic carbocycles. The van der Waals surface area contributed by atoms with Crippen molar-refractivity contribution in [1.29, 1.82) is 0 Å². The number of carbonyl (C=O) groups is 2. The maximum Gasteiger partial charge on any atom is 0.309 e. The summed E-state index contributed by atoms with van der Waals surface area (Å²) in [4.78, 5) is 25.5. The Morgan fingerprint density at radius 3 is 2.68 bits per heavy atom. The van der Waals surface area contributed by atoms with Crippen LogP contribution in [0.4, 0.5) is 0 Å². The summed E-state index contributed by atoms with van der Waals surface area (Å²) in [5, 5.41) is 13.5. The van der Waals surface area contributed by atoms with Gasteiger partial charge < -0.3 is 10.0 Å². The molecule has 2 fully saturated rings. The van der Waals surface area contributed by atoms with Crippen molar-refractivity contribution in [3.63, 3.8) is 0 Å². The Morgan fingerprint density at radius 1 is 1.42 bits per heavy atom. The minimum absolute atomic E-state index is 0.0752. The molecular weight excluding hydrogens is 246 g/mol. The standard InChI is InChI=1S/C13H17N3O3/c1-15-10(6-7-14-15)12-9(13(18)19)4-5-11(17)16(12)8-2-3-8/h6-9,12H,2-5H2,1H3,(H,18,19)/t9-,12-/m1/s1. The first-order valence-electron chi connectivity index (χ1n) is 6.61. The number of amides is 1. The van der Waals surface area contributed by atoms with Gasteiger partial charge in [0, 0.05) is 25.7 Å². The number of piperidine rings is 1. The summed E-state index contributed by atoms with van der Waals surface area (Å²) in [7, 11) is 1.79. The SMILES string of the molecule is Cn1nccc1[C@H]1[C@H](C(=O)O)CCC(=O)N1C1CC1. The number of aryl methyl sites for hydroxylation is 1. The van der Waals surface area contributed by atoms with Crippen LogP contribution in [0, 0.1) is 5.92 Å². The van der Waals surface area contributed by atoms with Gasteiger partial charge in [-0.1, -0.05) is 0 Å². The van der Waals surface area contributed by atoms with Crippen LogP contribution in [-0.2, 0) is 16.6 Å². The molecule has 1 N–H and O–H groups in total. The molecule has 1 saturated heterocycles. The van der Waals surface area contributed by atoms with E-state index in [-0.39, 0.29) is 18.0 Å². The molecule has 6 nitrogen and oxygen atoms in total. The van der Waals surface area contributed by atoms with Crippen molar-refractivity contribution < 1.29 is 14.7 Å². The summed E-state index contributed by atoms with van der Waals surface area (Å²) < 4.78 is 1.68. The number of hydrogen-bond acceptors (Lipinski definition) is 3. The molecule has 1 saturated carbocycles. The number of carbonyl (C=O) groups excluding carboxylic acids is 1. The lowest BCUT2D eigenvalue weighted by atomic mass is 9.86. The van der Waals surface area contributed by atoms with Crippen LogP contribution in [0.3, 0.4) is 0 Å². The lowest BCUT2D eigenvalue weighted by Crippen LogP contribution is -2.47. The molecule has 1 aliphatic carbocycles. The van der Waals surface area contributed by atoms with Gasteiger partial charge in [-0.3, -0.25) is 14.3 Å². The van der Waals surface area contributed by atoms with E-state index in [9.17, 15) is 14.7 Å². The van der Waals surface area contributed by atoms with Gasteiger partial charge >= 0.3 is 5.97 Å². The summed E-state index contributed by atoms with van der Waals surface area (Å²) in [6, 6.07) is 1.66. The number of nitrogens with zero attached hydrogens (tertiary/aromatic N) is 3. The van der Waals surface area contributed by atoms with E-state index in [2.05, 4.69) is 5.10 Å². The fourth-order valence-electron chi connectivity index (χ4n) is 2.98. The molecule has 0 bridgehead atoms. The van der Waals surface area contributed by atoms with Crippen LogP contribution in [0.2, 0.25) is 0 Å². The van der Waals surface area contributed by atoms with E-state index >= 15 is 0 Å². The molecule has 1 aliphatic heterocycles. The molecule has 0 radical (unpaired) electrons. The van der Waals surface area contributed by atoms with Crippen LogP contribution in [0.5, 0.6) is 0 Å². The normalized spacial score (nSPS) is 27.6. The summed E-state index contributed by atoms with van der Waals surface area (Å²) in [6.45, 7) is 0. The Morgan fingerprint density at radius 2 is 2.16 bits per heavy atom. The van der Waals surface area contributed by atoms with E-state index in [1.165, 1.54) is 0 Å². The number of rotatable bonds is 3. The van der Waals surface area contributed by atoms with Gasteiger partial charge in [-0.05, 0) is 25.3 Å². The molecule has 1 amide bonds. The Kier molecular flexibility index (Phi) is 2.80. The average molecular weight is 263 g/mol. The van der Waals surface area contributed by atoms with Crippen molar-refractivity contribution in [3.05, 3.63) is 18.0 Å². The Labute approximate surface area is 111 Å². The van der Waals surface area contributed by atoms with E-state index in [4.69, 9.17) is 0 Å². The van der Waals surface area contributed by atoms with Crippen LogP contribution in [-0.4, -0.2) is 37.7 Å². The van der Waals surface area contributed by atoms with E-state index in [1.54, 1.807) is 22.8 Å². The van der Waals surface area contributed by atoms with Crippen molar-refractivity contribution in [2.75, 3.05) is 0 Å². The maximum atomic E-state index is 12.2. The predicted molar refractivity (Wildman–Crippen MR) is 66.2 cm³/mol. The zero-order chi connectivity index (χ0) is 13.6. The molecule has 0 spiro atoms. The first-order valence-corrected chi connectivity index (χ1v) is 6.61. The van der Waals surface area contributed by atoms with Gasteiger partial charge in [-0.2, -0.15) is 5.10 Å². The third kappa shape index (κ3) is 2.01. The zero-order valence-corrected chi connectivity index (χ0v) is 10.8. The van der Waals surface area contributed by atoms with Crippen molar-refractivity contribution in [2.24, 2.45) is 13.0 Å². The van der Waals surface area contributed by atoms with Crippen LogP contribution in [0.25, 0.3) is 0 Å². The third-order valence-electron chi connectivity index (χ3n) is 4.06. The topological polar surface area (TPSA) is 75.4 Å². The van der Waals surface area contributed by atoms with E-state index < -0.39 is 11.9 Å².